The number of halogens is 4. The van der Waals surface area contributed by atoms with E-state index in [1.165, 1.54) is 30.5 Å². The van der Waals surface area contributed by atoms with E-state index < -0.39 is 35.9 Å². The molecule has 0 radical (unpaired) electrons. The summed E-state index contributed by atoms with van der Waals surface area (Å²) in [6, 6.07) is 10.3. The zero-order valence-electron chi connectivity index (χ0n) is 14.9. The third-order valence-corrected chi connectivity index (χ3v) is 4.82. The molecule has 1 unspecified atom stereocenters. The third kappa shape index (κ3) is 3.98. The van der Waals surface area contributed by atoms with Gasteiger partial charge in [-0.25, -0.2) is 9.37 Å². The van der Waals surface area contributed by atoms with Crippen molar-refractivity contribution < 1.29 is 22.7 Å². The molecule has 7 heteroatoms. The number of hydrogen-bond acceptors (Lipinski definition) is 2. The Morgan fingerprint density at radius 2 is 1.74 bits per heavy atom. The quantitative estimate of drug-likeness (QED) is 0.618. The monoisotopic (exact) mass is 380 g/mol. The lowest BCUT2D eigenvalue weighted by Gasteiger charge is -2.37. The van der Waals surface area contributed by atoms with Crippen molar-refractivity contribution in [3.05, 3.63) is 65.7 Å². The maximum atomic E-state index is 13.8. The summed E-state index contributed by atoms with van der Waals surface area (Å²) in [5, 5.41) is 11.3. The summed E-state index contributed by atoms with van der Waals surface area (Å²) in [7, 11) is 0. The minimum absolute atomic E-state index is 0.249. The van der Waals surface area contributed by atoms with E-state index in [1.807, 2.05) is 0 Å². The highest BCUT2D eigenvalue weighted by atomic mass is 19.4. The SMILES string of the molecule is CC(C)(CC(O)(Cc1cc2cccnc2[nH]1)C(F)(F)F)c1ccc(F)cc1. The first-order valence-corrected chi connectivity index (χ1v) is 8.48. The Kier molecular flexibility index (Phi) is 4.76. The average Bonchev–Trinajstić information content (AvgIpc) is 2.95. The molecule has 1 atom stereocenters. The highest BCUT2D eigenvalue weighted by molar-refractivity contribution is 5.76. The van der Waals surface area contributed by atoms with Crippen LogP contribution >= 0.6 is 0 Å². The molecule has 1 aromatic carbocycles. The molecule has 0 amide bonds. The topological polar surface area (TPSA) is 48.9 Å². The van der Waals surface area contributed by atoms with E-state index >= 15 is 0 Å². The lowest BCUT2D eigenvalue weighted by Crippen LogP contribution is -2.50. The van der Waals surface area contributed by atoms with Crippen molar-refractivity contribution in [1.29, 1.82) is 0 Å². The fraction of sp³-hybridized carbons (Fsp3) is 0.350. The van der Waals surface area contributed by atoms with Crippen LogP contribution in [0.25, 0.3) is 11.0 Å². The van der Waals surface area contributed by atoms with Gasteiger partial charge in [0.2, 0.25) is 0 Å². The molecule has 0 aliphatic heterocycles. The Bertz CT molecular complexity index is 898. The number of aliphatic hydroxyl groups is 1. The number of alkyl halides is 3. The summed E-state index contributed by atoms with van der Waals surface area (Å²) < 4.78 is 54.6. The number of hydrogen-bond donors (Lipinski definition) is 2. The molecule has 0 bridgehead atoms. The summed E-state index contributed by atoms with van der Waals surface area (Å²) in [6.07, 6.45) is -4.50. The van der Waals surface area contributed by atoms with Gasteiger partial charge in [-0.05, 0) is 47.7 Å². The molecule has 0 fully saturated rings. The smallest absolute Gasteiger partial charge is 0.380 e. The van der Waals surface area contributed by atoms with Crippen molar-refractivity contribution >= 4 is 11.0 Å². The summed E-state index contributed by atoms with van der Waals surface area (Å²) in [5.41, 5.74) is -2.74. The number of nitrogens with one attached hydrogen (secondary N) is 1. The van der Waals surface area contributed by atoms with Crippen LogP contribution in [0.2, 0.25) is 0 Å². The van der Waals surface area contributed by atoms with Gasteiger partial charge in [0.15, 0.2) is 5.60 Å². The van der Waals surface area contributed by atoms with Crippen LogP contribution in [-0.4, -0.2) is 26.9 Å². The van der Waals surface area contributed by atoms with Crippen molar-refractivity contribution in [3.8, 4) is 0 Å². The summed E-state index contributed by atoms with van der Waals surface area (Å²) >= 11 is 0. The molecule has 2 heterocycles. The standard InChI is InChI=1S/C20H20F4N2O/c1-18(2,14-5-7-15(21)8-6-14)12-19(27,20(22,23)24)11-16-10-13-4-3-9-25-17(13)26-16/h3-10,27H,11-12H2,1-2H3,(H,25,26). The summed E-state index contributed by atoms with van der Waals surface area (Å²) in [4.78, 5) is 6.91. The van der Waals surface area contributed by atoms with Crippen LogP contribution in [0, 0.1) is 5.82 Å². The fourth-order valence-corrected chi connectivity index (χ4v) is 3.42. The number of rotatable bonds is 5. The minimum Gasteiger partial charge on any atom is -0.380 e. The van der Waals surface area contributed by atoms with Gasteiger partial charge in [0.25, 0.3) is 0 Å². The van der Waals surface area contributed by atoms with Gasteiger partial charge in [0.1, 0.15) is 11.5 Å². The number of aromatic nitrogens is 2. The molecule has 0 saturated heterocycles. The van der Waals surface area contributed by atoms with Crippen molar-refractivity contribution in [2.75, 3.05) is 0 Å². The molecule has 3 rings (SSSR count). The number of H-pyrrole nitrogens is 1. The second-order valence-electron chi connectivity index (χ2n) is 7.51. The van der Waals surface area contributed by atoms with E-state index in [1.54, 1.807) is 32.0 Å². The Morgan fingerprint density at radius 3 is 2.33 bits per heavy atom. The molecule has 27 heavy (non-hydrogen) atoms. The fourth-order valence-electron chi connectivity index (χ4n) is 3.42. The Balaban J connectivity index is 1.93. The lowest BCUT2D eigenvalue weighted by atomic mass is 9.73. The zero-order chi connectivity index (χ0) is 19.9. The van der Waals surface area contributed by atoms with Crippen molar-refractivity contribution in [2.24, 2.45) is 0 Å². The molecule has 2 N–H and O–H groups in total. The van der Waals surface area contributed by atoms with Gasteiger partial charge in [-0.3, -0.25) is 0 Å². The van der Waals surface area contributed by atoms with Gasteiger partial charge in [0.05, 0.1) is 0 Å². The first-order chi connectivity index (χ1) is 12.5. The number of fused-ring (bicyclic) bond motifs is 1. The minimum atomic E-state index is -4.84. The van der Waals surface area contributed by atoms with Crippen molar-refractivity contribution in [1.82, 2.24) is 9.97 Å². The highest BCUT2D eigenvalue weighted by Gasteiger charge is 2.56. The average molecular weight is 380 g/mol. The predicted octanol–water partition coefficient (Wildman–Crippen LogP) is 4.91. The predicted molar refractivity (Wildman–Crippen MR) is 94.8 cm³/mol. The van der Waals surface area contributed by atoms with Crippen LogP contribution in [0.4, 0.5) is 17.6 Å². The molecule has 0 spiro atoms. The largest absolute Gasteiger partial charge is 0.417 e. The molecule has 0 saturated carbocycles. The maximum Gasteiger partial charge on any atom is 0.417 e. The normalized spacial score (nSPS) is 15.1. The molecule has 3 aromatic rings. The van der Waals surface area contributed by atoms with E-state index in [9.17, 15) is 22.7 Å². The molecule has 0 aliphatic rings. The molecule has 3 nitrogen and oxygen atoms in total. The molecule has 0 aliphatic carbocycles. The first kappa shape index (κ1) is 19.4. The number of nitrogens with zero attached hydrogens (tertiary/aromatic N) is 1. The lowest BCUT2D eigenvalue weighted by molar-refractivity contribution is -0.266. The van der Waals surface area contributed by atoms with Gasteiger partial charge >= 0.3 is 6.18 Å². The second-order valence-corrected chi connectivity index (χ2v) is 7.51. The van der Waals surface area contributed by atoms with Gasteiger partial charge in [-0.2, -0.15) is 13.2 Å². The first-order valence-electron chi connectivity index (χ1n) is 8.48. The van der Waals surface area contributed by atoms with Crippen LogP contribution in [0.3, 0.4) is 0 Å². The number of benzene rings is 1. The molecule has 2 aromatic heterocycles. The van der Waals surface area contributed by atoms with Crippen LogP contribution in [-0.2, 0) is 11.8 Å². The van der Waals surface area contributed by atoms with Crippen LogP contribution in [0.5, 0.6) is 0 Å². The van der Waals surface area contributed by atoms with Crippen molar-refractivity contribution in [3.63, 3.8) is 0 Å². The van der Waals surface area contributed by atoms with E-state index in [-0.39, 0.29) is 5.69 Å². The van der Waals surface area contributed by atoms with Crippen molar-refractivity contribution in [2.45, 2.75) is 43.9 Å². The number of pyridine rings is 1. The maximum absolute atomic E-state index is 13.8. The molecule has 144 valence electrons. The summed E-state index contributed by atoms with van der Waals surface area (Å²) in [5.74, 6) is -0.466. The van der Waals surface area contributed by atoms with Gasteiger partial charge in [-0.15, -0.1) is 0 Å². The van der Waals surface area contributed by atoms with Crippen LogP contribution in [0.15, 0.2) is 48.7 Å². The molecular formula is C20H20F4N2O. The third-order valence-electron chi connectivity index (χ3n) is 4.82. The van der Waals surface area contributed by atoms with Crippen LogP contribution in [0.1, 0.15) is 31.5 Å². The Morgan fingerprint density at radius 1 is 1.07 bits per heavy atom. The Hall–Kier alpha value is -2.41. The second kappa shape index (κ2) is 6.64. The molecular weight excluding hydrogens is 360 g/mol. The van der Waals surface area contributed by atoms with Gasteiger partial charge in [0, 0.05) is 23.7 Å². The zero-order valence-corrected chi connectivity index (χ0v) is 14.9. The van der Waals surface area contributed by atoms with E-state index in [4.69, 9.17) is 0 Å². The van der Waals surface area contributed by atoms with E-state index in [2.05, 4.69) is 9.97 Å². The number of aromatic amines is 1. The van der Waals surface area contributed by atoms with Crippen LogP contribution < -0.4 is 0 Å². The van der Waals surface area contributed by atoms with E-state index in [0.717, 1.165) is 0 Å². The Labute approximate surface area is 154 Å². The van der Waals surface area contributed by atoms with Gasteiger partial charge < -0.3 is 10.1 Å². The van der Waals surface area contributed by atoms with E-state index in [0.29, 0.717) is 16.6 Å². The summed E-state index contributed by atoms with van der Waals surface area (Å²) in [6.45, 7) is 3.20. The van der Waals surface area contributed by atoms with Gasteiger partial charge in [-0.1, -0.05) is 26.0 Å². The highest BCUT2D eigenvalue weighted by Crippen LogP contribution is 2.43.